The highest BCUT2D eigenvalue weighted by molar-refractivity contribution is 5.89. The Labute approximate surface area is 240 Å². The van der Waals surface area contributed by atoms with E-state index in [-0.39, 0.29) is 12.6 Å². The molecule has 0 unspecified atom stereocenters. The summed E-state index contributed by atoms with van der Waals surface area (Å²) in [6.07, 6.45) is 2.25. The van der Waals surface area contributed by atoms with Crippen LogP contribution in [0, 0.1) is 0 Å². The van der Waals surface area contributed by atoms with Gasteiger partial charge in [-0.1, -0.05) is 13.3 Å². The van der Waals surface area contributed by atoms with E-state index in [4.69, 9.17) is 37.9 Å². The fourth-order valence-electron chi connectivity index (χ4n) is 3.08. The van der Waals surface area contributed by atoms with E-state index in [1.807, 2.05) is 26.2 Å². The van der Waals surface area contributed by atoms with Crippen molar-refractivity contribution in [3.05, 3.63) is 29.8 Å². The van der Waals surface area contributed by atoms with Crippen LogP contribution in [0.3, 0.4) is 0 Å². The lowest BCUT2D eigenvalue weighted by Gasteiger charge is -2.10. The van der Waals surface area contributed by atoms with Gasteiger partial charge in [0.05, 0.1) is 98.1 Å². The molecule has 0 aromatic heterocycles. The Hall–Kier alpha value is -1.83. The maximum atomic E-state index is 12.1. The van der Waals surface area contributed by atoms with Crippen molar-refractivity contribution in [1.82, 2.24) is 4.90 Å². The summed E-state index contributed by atoms with van der Waals surface area (Å²) in [6.45, 7) is 11.4. The highest BCUT2D eigenvalue weighted by Gasteiger charge is 2.06. The molecule has 1 aromatic carbocycles. The number of unbranched alkanes of at least 4 members (excludes halogenated alkanes) is 1. The molecule has 0 bridgehead atoms. The van der Waals surface area contributed by atoms with Crippen LogP contribution in [0.25, 0.3) is 0 Å². The number of benzene rings is 1. The van der Waals surface area contributed by atoms with Crippen LogP contribution in [0.4, 0.5) is 5.69 Å². The van der Waals surface area contributed by atoms with Gasteiger partial charge < -0.3 is 48.1 Å². The minimum Gasteiger partial charge on any atom is -0.460 e. The van der Waals surface area contributed by atoms with Gasteiger partial charge in [0.1, 0.15) is 6.61 Å². The van der Waals surface area contributed by atoms with Gasteiger partial charge in [-0.3, -0.25) is 0 Å². The summed E-state index contributed by atoms with van der Waals surface area (Å²) in [5.74, 6) is -0.355. The molecule has 1 N–H and O–H groups in total. The van der Waals surface area contributed by atoms with Crippen molar-refractivity contribution in [2.75, 3.05) is 132 Å². The number of nitrogens with one attached hydrogen (secondary N) is 1. The minimum absolute atomic E-state index is 0.199. The van der Waals surface area contributed by atoms with Crippen molar-refractivity contribution in [3.63, 3.8) is 0 Å². The maximum absolute atomic E-state index is 12.1. The molecule has 0 saturated heterocycles. The van der Waals surface area contributed by atoms with Gasteiger partial charge in [-0.25, -0.2) is 4.79 Å². The first-order chi connectivity index (χ1) is 19.6. The summed E-state index contributed by atoms with van der Waals surface area (Å²) in [5.41, 5.74) is 1.52. The topological polar surface area (TPSA) is 106 Å². The van der Waals surface area contributed by atoms with Gasteiger partial charge in [0.2, 0.25) is 0 Å². The number of nitrogens with zero attached hydrogens (tertiary/aromatic N) is 1. The molecule has 0 aliphatic heterocycles. The van der Waals surface area contributed by atoms with E-state index in [1.54, 1.807) is 12.1 Å². The van der Waals surface area contributed by atoms with E-state index in [9.17, 15) is 4.79 Å². The number of hydrogen-bond donors (Lipinski definition) is 1. The van der Waals surface area contributed by atoms with Crippen LogP contribution in [-0.2, 0) is 37.9 Å². The molecule has 0 fully saturated rings. The third-order valence-corrected chi connectivity index (χ3v) is 5.36. The number of esters is 1. The van der Waals surface area contributed by atoms with E-state index in [1.165, 1.54) is 0 Å². The number of carbonyl (C=O) groups excluding carboxylic acids is 1. The number of carbonyl (C=O) groups is 1. The van der Waals surface area contributed by atoms with Gasteiger partial charge in [0.15, 0.2) is 0 Å². The van der Waals surface area contributed by atoms with E-state index in [2.05, 4.69) is 17.1 Å². The molecular formula is C29H52N2O9. The van der Waals surface area contributed by atoms with Gasteiger partial charge >= 0.3 is 5.97 Å². The molecule has 0 radical (unpaired) electrons. The van der Waals surface area contributed by atoms with Gasteiger partial charge in [0.25, 0.3) is 0 Å². The summed E-state index contributed by atoms with van der Waals surface area (Å²) in [7, 11) is 4.04. The molecule has 0 aliphatic carbocycles. The molecule has 1 rings (SSSR count). The molecule has 0 spiro atoms. The van der Waals surface area contributed by atoms with Crippen molar-refractivity contribution in [2.24, 2.45) is 0 Å². The lowest BCUT2D eigenvalue weighted by Crippen LogP contribution is -2.19. The Balaban J connectivity index is 1.76. The van der Waals surface area contributed by atoms with E-state index < -0.39 is 0 Å². The number of rotatable bonds is 29. The standard InChI is InChI=1S/C29H52N2O9/c1-4-5-10-30-28-8-6-27(7-9-28)29(32)40-26-25-39-24-23-38-22-21-37-20-19-36-18-17-35-16-15-34-14-13-33-12-11-31(2)3/h6-9,30H,4-5,10-26H2,1-3H3. The summed E-state index contributed by atoms with van der Waals surface area (Å²) in [4.78, 5) is 14.2. The first-order valence-corrected chi connectivity index (χ1v) is 14.3. The molecule has 11 nitrogen and oxygen atoms in total. The molecule has 232 valence electrons. The molecule has 0 heterocycles. The largest absolute Gasteiger partial charge is 0.460 e. The molecule has 0 atom stereocenters. The third-order valence-electron chi connectivity index (χ3n) is 5.36. The quantitative estimate of drug-likeness (QED) is 0.113. The van der Waals surface area contributed by atoms with Gasteiger partial charge in [-0.15, -0.1) is 0 Å². The van der Waals surface area contributed by atoms with Crippen molar-refractivity contribution in [1.29, 1.82) is 0 Å². The van der Waals surface area contributed by atoms with Crippen LogP contribution < -0.4 is 5.32 Å². The highest BCUT2D eigenvalue weighted by atomic mass is 16.6. The van der Waals surface area contributed by atoms with Crippen LogP contribution in [0.15, 0.2) is 24.3 Å². The average molecular weight is 573 g/mol. The Morgan fingerprint density at radius 1 is 0.625 bits per heavy atom. The van der Waals surface area contributed by atoms with E-state index in [0.29, 0.717) is 98.1 Å². The monoisotopic (exact) mass is 572 g/mol. The number of hydrogen-bond acceptors (Lipinski definition) is 11. The van der Waals surface area contributed by atoms with E-state index in [0.717, 1.165) is 31.6 Å². The number of likely N-dealkylation sites (N-methyl/N-ethyl adjacent to an activating group) is 1. The van der Waals surface area contributed by atoms with E-state index >= 15 is 0 Å². The molecule has 0 saturated carbocycles. The predicted molar refractivity (Wildman–Crippen MR) is 154 cm³/mol. The molecule has 1 aromatic rings. The summed E-state index contributed by atoms with van der Waals surface area (Å²) in [5, 5.41) is 3.32. The fraction of sp³-hybridized carbons (Fsp3) is 0.759. The Bertz CT molecular complexity index is 693. The number of ether oxygens (including phenoxy) is 8. The van der Waals surface area contributed by atoms with Crippen LogP contribution >= 0.6 is 0 Å². The van der Waals surface area contributed by atoms with Crippen LogP contribution in [-0.4, -0.2) is 137 Å². The second-order valence-electron chi connectivity index (χ2n) is 9.08. The van der Waals surface area contributed by atoms with Crippen molar-refractivity contribution >= 4 is 11.7 Å². The van der Waals surface area contributed by atoms with Crippen LogP contribution in [0.1, 0.15) is 30.1 Å². The Morgan fingerprint density at radius 2 is 1.02 bits per heavy atom. The SMILES string of the molecule is CCCCNc1ccc(C(=O)OCCOCCOCCOCCOCCOCCOCCOCCN(C)C)cc1. The first-order valence-electron chi connectivity index (χ1n) is 14.3. The van der Waals surface area contributed by atoms with Gasteiger partial charge in [-0.2, -0.15) is 0 Å². The Kier molecular flexibility index (Phi) is 24.7. The molecule has 11 heteroatoms. The lowest BCUT2D eigenvalue weighted by atomic mass is 10.2. The second-order valence-corrected chi connectivity index (χ2v) is 9.08. The zero-order chi connectivity index (χ0) is 28.9. The second kappa shape index (κ2) is 27.3. The molecule has 0 amide bonds. The summed E-state index contributed by atoms with van der Waals surface area (Å²) >= 11 is 0. The zero-order valence-electron chi connectivity index (χ0n) is 24.9. The summed E-state index contributed by atoms with van der Waals surface area (Å²) < 4.78 is 43.4. The van der Waals surface area contributed by atoms with Gasteiger partial charge in [0, 0.05) is 18.8 Å². The zero-order valence-corrected chi connectivity index (χ0v) is 24.9. The minimum atomic E-state index is -0.355. The average Bonchev–Trinajstić information content (AvgIpc) is 2.95. The molecule has 0 aliphatic rings. The van der Waals surface area contributed by atoms with Crippen LogP contribution in [0.5, 0.6) is 0 Å². The highest BCUT2D eigenvalue weighted by Crippen LogP contribution is 2.10. The van der Waals surface area contributed by atoms with Gasteiger partial charge in [-0.05, 0) is 44.8 Å². The predicted octanol–water partition coefficient (Wildman–Crippen LogP) is 2.73. The third kappa shape index (κ3) is 22.9. The van der Waals surface area contributed by atoms with Crippen LogP contribution in [0.2, 0.25) is 0 Å². The fourth-order valence-corrected chi connectivity index (χ4v) is 3.08. The normalized spacial score (nSPS) is 11.3. The Morgan fingerprint density at radius 3 is 1.43 bits per heavy atom. The molecule has 40 heavy (non-hydrogen) atoms. The lowest BCUT2D eigenvalue weighted by molar-refractivity contribution is -0.0224. The summed E-state index contributed by atoms with van der Waals surface area (Å²) in [6, 6.07) is 7.30. The first kappa shape index (κ1) is 36.2. The van der Waals surface area contributed by atoms with Crippen molar-refractivity contribution in [2.45, 2.75) is 19.8 Å². The number of anilines is 1. The van der Waals surface area contributed by atoms with Crippen molar-refractivity contribution in [3.8, 4) is 0 Å². The smallest absolute Gasteiger partial charge is 0.338 e. The maximum Gasteiger partial charge on any atom is 0.338 e. The molecular weight excluding hydrogens is 520 g/mol. The van der Waals surface area contributed by atoms with Crippen molar-refractivity contribution < 1.29 is 42.7 Å².